The van der Waals surface area contributed by atoms with E-state index in [-0.39, 0.29) is 11.9 Å². The summed E-state index contributed by atoms with van der Waals surface area (Å²) in [6.45, 7) is 0. The number of anilines is 2. The smallest absolute Gasteiger partial charge is 0.323 e. The van der Waals surface area contributed by atoms with E-state index in [1.807, 2.05) is 30.5 Å². The Balaban J connectivity index is 1.54. The molecule has 1 fully saturated rings. The fraction of sp³-hybridized carbons (Fsp3) is 0.300. The Morgan fingerprint density at radius 1 is 0.962 bits per heavy atom. The topological polar surface area (TPSA) is 70.2 Å². The van der Waals surface area contributed by atoms with Crippen LogP contribution in [0.4, 0.5) is 16.2 Å². The summed E-state index contributed by atoms with van der Waals surface area (Å²) in [5.41, 5.74) is 1.98. The van der Waals surface area contributed by atoms with E-state index in [0.717, 1.165) is 23.4 Å². The van der Waals surface area contributed by atoms with E-state index in [1.165, 1.54) is 12.8 Å². The predicted molar refractivity (Wildman–Crippen MR) is 107 cm³/mol. The van der Waals surface area contributed by atoms with Gasteiger partial charge in [0.05, 0.1) is 0 Å². The molecule has 3 rings (SSSR count). The standard InChI is InChI=1S/C20H23N3O2S/c1-26-18-8-4-7-17(13-18)23-20(25)22-16-11-9-14(10-12-16)19(24)21-15-5-2-3-6-15/h4,7-13,15H,2-3,5-6H2,1H3,(H,21,24)(H2,22,23,25). The van der Waals surface area contributed by atoms with Crippen LogP contribution in [0.25, 0.3) is 0 Å². The quantitative estimate of drug-likeness (QED) is 0.668. The Hall–Kier alpha value is -2.47. The molecule has 0 heterocycles. The minimum absolute atomic E-state index is 0.0539. The van der Waals surface area contributed by atoms with E-state index in [4.69, 9.17) is 0 Å². The van der Waals surface area contributed by atoms with Crippen molar-refractivity contribution in [2.75, 3.05) is 16.9 Å². The third-order valence-electron chi connectivity index (χ3n) is 4.42. The van der Waals surface area contributed by atoms with Gasteiger partial charge < -0.3 is 16.0 Å². The van der Waals surface area contributed by atoms with Gasteiger partial charge in [-0.1, -0.05) is 18.9 Å². The molecule has 0 aliphatic heterocycles. The van der Waals surface area contributed by atoms with E-state index in [1.54, 1.807) is 36.0 Å². The molecule has 2 aromatic carbocycles. The Morgan fingerprint density at radius 3 is 2.35 bits per heavy atom. The maximum absolute atomic E-state index is 12.2. The molecule has 0 atom stereocenters. The molecule has 2 aromatic rings. The molecule has 6 heteroatoms. The summed E-state index contributed by atoms with van der Waals surface area (Å²) in [6.07, 6.45) is 6.47. The van der Waals surface area contributed by atoms with Crippen LogP contribution in [0.3, 0.4) is 0 Å². The Morgan fingerprint density at radius 2 is 1.65 bits per heavy atom. The Labute approximate surface area is 157 Å². The van der Waals surface area contributed by atoms with E-state index in [9.17, 15) is 9.59 Å². The second kappa shape index (κ2) is 8.76. The molecule has 0 spiro atoms. The van der Waals surface area contributed by atoms with Crippen LogP contribution in [-0.2, 0) is 0 Å². The van der Waals surface area contributed by atoms with Crippen LogP contribution in [-0.4, -0.2) is 24.2 Å². The largest absolute Gasteiger partial charge is 0.349 e. The van der Waals surface area contributed by atoms with Crippen molar-refractivity contribution in [2.24, 2.45) is 0 Å². The van der Waals surface area contributed by atoms with Gasteiger partial charge in [-0.05, 0) is 61.6 Å². The van der Waals surface area contributed by atoms with Gasteiger partial charge in [0.15, 0.2) is 0 Å². The van der Waals surface area contributed by atoms with Gasteiger partial charge in [0, 0.05) is 27.9 Å². The number of hydrogen-bond donors (Lipinski definition) is 3. The molecule has 136 valence electrons. The molecule has 1 saturated carbocycles. The van der Waals surface area contributed by atoms with Crippen molar-refractivity contribution in [1.82, 2.24) is 5.32 Å². The molecule has 1 aliphatic rings. The lowest BCUT2D eigenvalue weighted by Crippen LogP contribution is -2.32. The van der Waals surface area contributed by atoms with Crippen molar-refractivity contribution in [3.05, 3.63) is 54.1 Å². The van der Waals surface area contributed by atoms with Crippen LogP contribution in [0.2, 0.25) is 0 Å². The maximum Gasteiger partial charge on any atom is 0.323 e. The zero-order valence-corrected chi connectivity index (χ0v) is 15.6. The molecule has 0 bridgehead atoms. The molecule has 3 amide bonds. The van der Waals surface area contributed by atoms with Gasteiger partial charge in [-0.25, -0.2) is 4.79 Å². The molecular weight excluding hydrogens is 346 g/mol. The average molecular weight is 369 g/mol. The summed E-state index contributed by atoms with van der Waals surface area (Å²) in [4.78, 5) is 25.4. The highest BCUT2D eigenvalue weighted by Crippen LogP contribution is 2.20. The fourth-order valence-electron chi connectivity index (χ4n) is 3.04. The third-order valence-corrected chi connectivity index (χ3v) is 5.15. The number of nitrogens with one attached hydrogen (secondary N) is 3. The van der Waals surface area contributed by atoms with E-state index >= 15 is 0 Å². The highest BCUT2D eigenvalue weighted by atomic mass is 32.2. The summed E-state index contributed by atoms with van der Waals surface area (Å²) in [5.74, 6) is -0.0539. The number of thioether (sulfide) groups is 1. The first-order valence-electron chi connectivity index (χ1n) is 8.77. The van der Waals surface area contributed by atoms with Crippen molar-refractivity contribution < 1.29 is 9.59 Å². The van der Waals surface area contributed by atoms with Crippen LogP contribution >= 0.6 is 11.8 Å². The zero-order valence-electron chi connectivity index (χ0n) is 14.7. The van der Waals surface area contributed by atoms with Crippen molar-refractivity contribution in [3.8, 4) is 0 Å². The van der Waals surface area contributed by atoms with Crippen LogP contribution in [0.5, 0.6) is 0 Å². The number of hydrogen-bond acceptors (Lipinski definition) is 3. The average Bonchev–Trinajstić information content (AvgIpc) is 3.15. The first-order valence-corrected chi connectivity index (χ1v) is 9.99. The van der Waals surface area contributed by atoms with Crippen molar-refractivity contribution in [1.29, 1.82) is 0 Å². The minimum Gasteiger partial charge on any atom is -0.349 e. The summed E-state index contributed by atoms with van der Waals surface area (Å²) in [7, 11) is 0. The first-order chi connectivity index (χ1) is 12.6. The number of carbonyl (C=O) groups excluding carboxylic acids is 2. The lowest BCUT2D eigenvalue weighted by atomic mass is 10.1. The van der Waals surface area contributed by atoms with Gasteiger partial charge in [0.25, 0.3) is 5.91 Å². The number of benzene rings is 2. The van der Waals surface area contributed by atoms with E-state index in [0.29, 0.717) is 17.3 Å². The number of rotatable bonds is 5. The molecule has 5 nitrogen and oxygen atoms in total. The first kappa shape index (κ1) is 18.3. The summed E-state index contributed by atoms with van der Waals surface area (Å²) < 4.78 is 0. The van der Waals surface area contributed by atoms with Crippen LogP contribution in [0, 0.1) is 0 Å². The van der Waals surface area contributed by atoms with E-state index in [2.05, 4.69) is 16.0 Å². The molecule has 1 aliphatic carbocycles. The van der Waals surface area contributed by atoms with Gasteiger partial charge >= 0.3 is 6.03 Å². The third kappa shape index (κ3) is 5.02. The Kier molecular flexibility index (Phi) is 6.17. The molecule has 3 N–H and O–H groups in total. The van der Waals surface area contributed by atoms with Crippen LogP contribution < -0.4 is 16.0 Å². The molecule has 0 unspecified atom stereocenters. The highest BCUT2D eigenvalue weighted by molar-refractivity contribution is 7.98. The Bertz CT molecular complexity index is 771. The lowest BCUT2D eigenvalue weighted by Gasteiger charge is -2.12. The summed E-state index contributed by atoms with van der Waals surface area (Å²) >= 11 is 1.62. The SMILES string of the molecule is CSc1cccc(NC(=O)Nc2ccc(C(=O)NC3CCCC3)cc2)c1. The van der Waals surface area contributed by atoms with Gasteiger partial charge in [0.1, 0.15) is 0 Å². The van der Waals surface area contributed by atoms with Gasteiger partial charge in [-0.2, -0.15) is 0 Å². The highest BCUT2D eigenvalue weighted by Gasteiger charge is 2.17. The number of urea groups is 1. The number of carbonyl (C=O) groups is 2. The molecule has 0 aromatic heterocycles. The lowest BCUT2D eigenvalue weighted by molar-refractivity contribution is 0.0938. The fourth-order valence-corrected chi connectivity index (χ4v) is 3.50. The molecular formula is C20H23N3O2S. The predicted octanol–water partition coefficient (Wildman–Crippen LogP) is 4.72. The minimum atomic E-state index is -0.314. The van der Waals surface area contributed by atoms with Gasteiger partial charge in [-0.3, -0.25) is 4.79 Å². The second-order valence-corrected chi connectivity index (χ2v) is 7.22. The van der Waals surface area contributed by atoms with Crippen LogP contribution in [0.1, 0.15) is 36.0 Å². The summed E-state index contributed by atoms with van der Waals surface area (Å²) in [6, 6.07) is 14.6. The summed E-state index contributed by atoms with van der Waals surface area (Å²) in [5, 5.41) is 8.64. The number of amides is 3. The molecule has 0 saturated heterocycles. The molecule has 0 radical (unpaired) electrons. The van der Waals surface area contributed by atoms with E-state index < -0.39 is 0 Å². The van der Waals surface area contributed by atoms with Gasteiger partial charge in [-0.15, -0.1) is 11.8 Å². The van der Waals surface area contributed by atoms with Crippen LogP contribution in [0.15, 0.2) is 53.4 Å². The molecule has 26 heavy (non-hydrogen) atoms. The monoisotopic (exact) mass is 369 g/mol. The zero-order chi connectivity index (χ0) is 18.4. The maximum atomic E-state index is 12.2. The second-order valence-electron chi connectivity index (χ2n) is 6.34. The normalized spacial score (nSPS) is 14.0. The van der Waals surface area contributed by atoms with Crippen molar-refractivity contribution >= 4 is 35.1 Å². The van der Waals surface area contributed by atoms with Crippen molar-refractivity contribution in [3.63, 3.8) is 0 Å². The van der Waals surface area contributed by atoms with Gasteiger partial charge in [0.2, 0.25) is 0 Å². The van der Waals surface area contributed by atoms with Crippen molar-refractivity contribution in [2.45, 2.75) is 36.6 Å².